The largest absolute Gasteiger partial charge is 0.393 e. The number of nitrogens with zero attached hydrogens (tertiary/aromatic N) is 3. The predicted octanol–water partition coefficient (Wildman–Crippen LogP) is 0.992. The maximum absolute atomic E-state index is 9.19. The molecule has 1 saturated carbocycles. The smallest absolute Gasteiger partial charge is 0.150 e. The van der Waals surface area contributed by atoms with Crippen molar-refractivity contribution in [3.63, 3.8) is 0 Å². The molecular formula is C11H17N3O. The number of anilines is 1. The van der Waals surface area contributed by atoms with Crippen molar-refractivity contribution in [2.45, 2.75) is 25.9 Å². The molecule has 1 aliphatic carbocycles. The molecule has 1 aromatic heterocycles. The minimum absolute atomic E-state index is 0.0764. The van der Waals surface area contributed by atoms with E-state index in [0.29, 0.717) is 5.92 Å². The van der Waals surface area contributed by atoms with Gasteiger partial charge >= 0.3 is 0 Å². The van der Waals surface area contributed by atoms with Crippen molar-refractivity contribution in [3.05, 3.63) is 17.8 Å². The van der Waals surface area contributed by atoms with Crippen LogP contribution < -0.4 is 4.90 Å². The van der Waals surface area contributed by atoms with Gasteiger partial charge in [0, 0.05) is 13.6 Å². The predicted molar refractivity (Wildman–Crippen MR) is 58.8 cm³/mol. The first kappa shape index (κ1) is 10.4. The molecular weight excluding hydrogens is 190 g/mol. The molecule has 0 saturated heterocycles. The van der Waals surface area contributed by atoms with Gasteiger partial charge in [-0.2, -0.15) is 5.10 Å². The molecule has 4 heteroatoms. The lowest BCUT2D eigenvalue weighted by atomic mass is 9.82. The van der Waals surface area contributed by atoms with Gasteiger partial charge < -0.3 is 10.0 Å². The third kappa shape index (κ3) is 2.45. The average molecular weight is 207 g/mol. The van der Waals surface area contributed by atoms with E-state index < -0.39 is 0 Å². The molecule has 0 spiro atoms. The molecule has 0 aliphatic heterocycles. The number of aromatic nitrogens is 2. The molecule has 1 fully saturated rings. The summed E-state index contributed by atoms with van der Waals surface area (Å²) >= 11 is 0. The SMILES string of the molecule is Cc1ccc(N(C)CC2CC(O)C2)nn1. The summed E-state index contributed by atoms with van der Waals surface area (Å²) in [6, 6.07) is 3.95. The third-order valence-electron chi connectivity index (χ3n) is 2.92. The van der Waals surface area contributed by atoms with Crippen molar-refractivity contribution < 1.29 is 5.11 Å². The quantitative estimate of drug-likeness (QED) is 0.803. The molecule has 2 rings (SSSR count). The number of aliphatic hydroxyl groups excluding tert-OH is 1. The summed E-state index contributed by atoms with van der Waals surface area (Å²) in [7, 11) is 2.02. The highest BCUT2D eigenvalue weighted by Gasteiger charge is 2.28. The van der Waals surface area contributed by atoms with Gasteiger partial charge in [0.15, 0.2) is 5.82 Å². The van der Waals surface area contributed by atoms with Crippen LogP contribution in [0.25, 0.3) is 0 Å². The zero-order valence-corrected chi connectivity index (χ0v) is 9.22. The summed E-state index contributed by atoms with van der Waals surface area (Å²) in [6.07, 6.45) is 1.76. The standard InChI is InChI=1S/C11H17N3O/c1-8-3-4-11(13-12-8)14(2)7-9-5-10(15)6-9/h3-4,9-10,15H,5-7H2,1-2H3. The first-order chi connectivity index (χ1) is 7.15. The van der Waals surface area contributed by atoms with Crippen molar-refractivity contribution in [2.24, 2.45) is 5.92 Å². The van der Waals surface area contributed by atoms with Gasteiger partial charge in [-0.1, -0.05) is 0 Å². The third-order valence-corrected chi connectivity index (χ3v) is 2.92. The molecule has 82 valence electrons. The molecule has 0 atom stereocenters. The molecule has 0 amide bonds. The van der Waals surface area contributed by atoms with Crippen LogP contribution in [0.2, 0.25) is 0 Å². The summed E-state index contributed by atoms with van der Waals surface area (Å²) in [6.45, 7) is 2.88. The first-order valence-corrected chi connectivity index (χ1v) is 5.34. The maximum atomic E-state index is 9.19. The first-order valence-electron chi connectivity index (χ1n) is 5.34. The molecule has 0 aromatic carbocycles. The molecule has 1 aliphatic rings. The van der Waals surface area contributed by atoms with Gasteiger partial charge in [-0.05, 0) is 37.8 Å². The van der Waals surface area contributed by atoms with Crippen LogP contribution in [0.15, 0.2) is 12.1 Å². The topological polar surface area (TPSA) is 49.2 Å². The molecule has 4 nitrogen and oxygen atoms in total. The Labute approximate surface area is 89.9 Å². The minimum atomic E-state index is -0.0764. The van der Waals surface area contributed by atoms with Crippen LogP contribution in [0.4, 0.5) is 5.82 Å². The van der Waals surface area contributed by atoms with Crippen LogP contribution in [-0.4, -0.2) is 35.0 Å². The number of rotatable bonds is 3. The Morgan fingerprint density at radius 3 is 2.67 bits per heavy atom. The second-order valence-corrected chi connectivity index (χ2v) is 4.40. The van der Waals surface area contributed by atoms with Crippen LogP contribution in [0.5, 0.6) is 0 Å². The highest BCUT2D eigenvalue weighted by atomic mass is 16.3. The van der Waals surface area contributed by atoms with E-state index in [0.717, 1.165) is 30.9 Å². The molecule has 15 heavy (non-hydrogen) atoms. The highest BCUT2D eigenvalue weighted by Crippen LogP contribution is 2.28. The van der Waals surface area contributed by atoms with E-state index in [2.05, 4.69) is 15.1 Å². The van der Waals surface area contributed by atoms with Gasteiger partial charge in [0.2, 0.25) is 0 Å². The van der Waals surface area contributed by atoms with Gasteiger partial charge in [0.25, 0.3) is 0 Å². The summed E-state index contributed by atoms with van der Waals surface area (Å²) in [4.78, 5) is 2.10. The fourth-order valence-corrected chi connectivity index (χ4v) is 1.93. The molecule has 0 unspecified atom stereocenters. The number of hydrogen-bond acceptors (Lipinski definition) is 4. The van der Waals surface area contributed by atoms with Crippen LogP contribution in [0.1, 0.15) is 18.5 Å². The molecule has 1 aromatic rings. The van der Waals surface area contributed by atoms with E-state index >= 15 is 0 Å². The van der Waals surface area contributed by atoms with E-state index in [1.54, 1.807) is 0 Å². The Hall–Kier alpha value is -1.16. The normalized spacial score (nSPS) is 24.7. The fraction of sp³-hybridized carbons (Fsp3) is 0.636. The average Bonchev–Trinajstić information content (AvgIpc) is 2.16. The lowest BCUT2D eigenvalue weighted by molar-refractivity contribution is 0.0464. The van der Waals surface area contributed by atoms with Gasteiger partial charge in [0.05, 0.1) is 11.8 Å². The lowest BCUT2D eigenvalue weighted by Gasteiger charge is -2.34. The van der Waals surface area contributed by atoms with Crippen molar-refractivity contribution in [1.29, 1.82) is 0 Å². The maximum Gasteiger partial charge on any atom is 0.150 e. The van der Waals surface area contributed by atoms with Crippen molar-refractivity contribution in [2.75, 3.05) is 18.5 Å². The Morgan fingerprint density at radius 2 is 2.13 bits per heavy atom. The Bertz CT molecular complexity index is 319. The van der Waals surface area contributed by atoms with Gasteiger partial charge in [-0.15, -0.1) is 5.10 Å². The zero-order chi connectivity index (χ0) is 10.8. The Morgan fingerprint density at radius 1 is 1.40 bits per heavy atom. The number of aliphatic hydroxyl groups is 1. The molecule has 1 heterocycles. The summed E-state index contributed by atoms with van der Waals surface area (Å²) in [5.74, 6) is 1.51. The van der Waals surface area contributed by atoms with E-state index in [-0.39, 0.29) is 6.10 Å². The van der Waals surface area contributed by atoms with E-state index in [1.165, 1.54) is 0 Å². The second-order valence-electron chi connectivity index (χ2n) is 4.40. The zero-order valence-electron chi connectivity index (χ0n) is 9.22. The van der Waals surface area contributed by atoms with Gasteiger partial charge in [0.1, 0.15) is 0 Å². The van der Waals surface area contributed by atoms with Crippen molar-refractivity contribution in [3.8, 4) is 0 Å². The summed E-state index contributed by atoms with van der Waals surface area (Å²) in [5, 5.41) is 17.3. The van der Waals surface area contributed by atoms with Crippen LogP contribution in [0, 0.1) is 12.8 Å². The molecule has 0 radical (unpaired) electrons. The van der Waals surface area contributed by atoms with Crippen molar-refractivity contribution in [1.82, 2.24) is 10.2 Å². The molecule has 0 bridgehead atoms. The van der Waals surface area contributed by atoms with Gasteiger partial charge in [-0.3, -0.25) is 0 Å². The number of aryl methyl sites for hydroxylation is 1. The fourth-order valence-electron chi connectivity index (χ4n) is 1.93. The van der Waals surface area contributed by atoms with Crippen molar-refractivity contribution >= 4 is 5.82 Å². The van der Waals surface area contributed by atoms with E-state index in [1.807, 2.05) is 26.1 Å². The monoisotopic (exact) mass is 207 g/mol. The van der Waals surface area contributed by atoms with E-state index in [9.17, 15) is 5.11 Å². The summed E-state index contributed by atoms with van der Waals surface area (Å²) in [5.41, 5.74) is 0.936. The number of hydrogen-bond donors (Lipinski definition) is 1. The molecule has 1 N–H and O–H groups in total. The van der Waals surface area contributed by atoms with Gasteiger partial charge in [-0.25, -0.2) is 0 Å². The summed E-state index contributed by atoms with van der Waals surface area (Å²) < 4.78 is 0. The highest BCUT2D eigenvalue weighted by molar-refractivity contribution is 5.36. The lowest BCUT2D eigenvalue weighted by Crippen LogP contribution is -2.37. The second kappa shape index (κ2) is 4.14. The minimum Gasteiger partial charge on any atom is -0.393 e. The van der Waals surface area contributed by atoms with E-state index in [4.69, 9.17) is 0 Å². The van der Waals surface area contributed by atoms with Crippen LogP contribution in [-0.2, 0) is 0 Å². The van der Waals surface area contributed by atoms with Crippen LogP contribution in [0.3, 0.4) is 0 Å². The van der Waals surface area contributed by atoms with Crippen LogP contribution >= 0.6 is 0 Å². The Balaban J connectivity index is 1.90. The Kier molecular flexibility index (Phi) is 2.86.